The van der Waals surface area contributed by atoms with Crippen molar-refractivity contribution in [1.29, 1.82) is 0 Å². The van der Waals surface area contributed by atoms with Crippen molar-refractivity contribution in [2.75, 3.05) is 29.1 Å². The van der Waals surface area contributed by atoms with Gasteiger partial charge in [-0.05, 0) is 69.0 Å². The van der Waals surface area contributed by atoms with Gasteiger partial charge >= 0.3 is 0 Å². The first-order valence-corrected chi connectivity index (χ1v) is 11.4. The van der Waals surface area contributed by atoms with Gasteiger partial charge in [-0.25, -0.2) is 0 Å². The number of nitrogens with one attached hydrogen (secondary N) is 1. The highest BCUT2D eigenvalue weighted by atomic mass is 32.2. The van der Waals surface area contributed by atoms with Crippen molar-refractivity contribution in [3.05, 3.63) is 59.9 Å². The second-order valence-corrected chi connectivity index (χ2v) is 8.53. The Bertz CT molecular complexity index is 1010. The van der Waals surface area contributed by atoms with Crippen LogP contribution in [0.4, 0.5) is 11.4 Å². The number of nitrogens with zero attached hydrogens (tertiary/aromatic N) is 4. The van der Waals surface area contributed by atoms with E-state index in [0.717, 1.165) is 41.0 Å². The minimum absolute atomic E-state index is 0.0530. The van der Waals surface area contributed by atoms with Gasteiger partial charge in [-0.3, -0.25) is 9.36 Å². The SMILES string of the molecule is Cc1ccccc1-n1c(C)nnc1SCC(=O)Nc1ccc(N2CCCCC2)cc1. The van der Waals surface area contributed by atoms with Crippen LogP contribution in [0.15, 0.2) is 53.7 Å². The molecule has 7 heteroatoms. The summed E-state index contributed by atoms with van der Waals surface area (Å²) in [5, 5.41) is 12.2. The maximum atomic E-state index is 12.5. The van der Waals surface area contributed by atoms with Crippen molar-refractivity contribution >= 4 is 29.0 Å². The summed E-state index contributed by atoms with van der Waals surface area (Å²) in [5.41, 5.74) is 4.22. The second kappa shape index (κ2) is 9.34. The van der Waals surface area contributed by atoms with Gasteiger partial charge < -0.3 is 10.2 Å². The van der Waals surface area contributed by atoms with Crippen molar-refractivity contribution in [2.45, 2.75) is 38.3 Å². The fourth-order valence-corrected chi connectivity index (χ4v) is 4.55. The molecule has 1 fully saturated rings. The molecule has 3 aromatic rings. The predicted octanol–water partition coefficient (Wildman–Crippen LogP) is 4.61. The zero-order valence-corrected chi connectivity index (χ0v) is 18.3. The highest BCUT2D eigenvalue weighted by molar-refractivity contribution is 7.99. The number of aryl methyl sites for hydroxylation is 2. The Balaban J connectivity index is 1.37. The zero-order chi connectivity index (χ0) is 20.9. The maximum Gasteiger partial charge on any atom is 0.234 e. The third kappa shape index (κ3) is 4.67. The fourth-order valence-electron chi connectivity index (χ4n) is 3.76. The van der Waals surface area contributed by atoms with Gasteiger partial charge in [-0.15, -0.1) is 10.2 Å². The number of aromatic nitrogens is 3. The third-order valence-electron chi connectivity index (χ3n) is 5.36. The summed E-state index contributed by atoms with van der Waals surface area (Å²) in [7, 11) is 0. The van der Waals surface area contributed by atoms with Crippen LogP contribution >= 0.6 is 11.8 Å². The number of benzene rings is 2. The number of piperidine rings is 1. The topological polar surface area (TPSA) is 63.1 Å². The van der Waals surface area contributed by atoms with E-state index in [1.54, 1.807) is 0 Å². The van der Waals surface area contributed by atoms with Gasteiger partial charge in [0.15, 0.2) is 5.16 Å². The van der Waals surface area contributed by atoms with Crippen molar-refractivity contribution in [2.24, 2.45) is 0 Å². The summed E-state index contributed by atoms with van der Waals surface area (Å²) in [6.45, 7) is 6.21. The number of carbonyl (C=O) groups excluding carboxylic acids is 1. The molecule has 1 aromatic heterocycles. The Morgan fingerprint density at radius 3 is 2.47 bits per heavy atom. The molecular weight excluding hydrogens is 394 g/mol. The number of hydrogen-bond donors (Lipinski definition) is 1. The Morgan fingerprint density at radius 2 is 1.73 bits per heavy atom. The molecule has 0 unspecified atom stereocenters. The van der Waals surface area contributed by atoms with E-state index in [1.807, 2.05) is 41.8 Å². The number of rotatable bonds is 6. The molecule has 1 N–H and O–H groups in total. The average molecular weight is 422 g/mol. The lowest BCUT2D eigenvalue weighted by Crippen LogP contribution is -2.29. The van der Waals surface area contributed by atoms with Crippen LogP contribution in [0.5, 0.6) is 0 Å². The molecule has 0 radical (unpaired) electrons. The first kappa shape index (κ1) is 20.5. The number of para-hydroxylation sites is 1. The van der Waals surface area contributed by atoms with E-state index in [-0.39, 0.29) is 11.7 Å². The number of thioether (sulfide) groups is 1. The van der Waals surface area contributed by atoms with E-state index >= 15 is 0 Å². The van der Waals surface area contributed by atoms with E-state index in [2.05, 4.69) is 45.5 Å². The van der Waals surface area contributed by atoms with E-state index in [0.29, 0.717) is 0 Å². The molecule has 1 aliphatic rings. The molecule has 0 aliphatic carbocycles. The highest BCUT2D eigenvalue weighted by Crippen LogP contribution is 2.25. The molecule has 156 valence electrons. The van der Waals surface area contributed by atoms with Gasteiger partial charge in [0.25, 0.3) is 0 Å². The smallest absolute Gasteiger partial charge is 0.234 e. The Labute approximate surface area is 181 Å². The molecular formula is C23H27N5OS. The van der Waals surface area contributed by atoms with Crippen molar-refractivity contribution in [1.82, 2.24) is 14.8 Å². The van der Waals surface area contributed by atoms with Crippen LogP contribution in [-0.2, 0) is 4.79 Å². The van der Waals surface area contributed by atoms with Crippen LogP contribution in [0, 0.1) is 13.8 Å². The summed E-state index contributed by atoms with van der Waals surface area (Å²) in [4.78, 5) is 14.9. The van der Waals surface area contributed by atoms with Crippen LogP contribution in [0.25, 0.3) is 5.69 Å². The molecule has 0 atom stereocenters. The highest BCUT2D eigenvalue weighted by Gasteiger charge is 2.15. The Kier molecular flexibility index (Phi) is 6.38. The van der Waals surface area contributed by atoms with Crippen LogP contribution < -0.4 is 10.2 Å². The fraction of sp³-hybridized carbons (Fsp3) is 0.348. The molecule has 2 heterocycles. The van der Waals surface area contributed by atoms with Gasteiger partial charge in [0.05, 0.1) is 11.4 Å². The van der Waals surface area contributed by atoms with E-state index in [1.165, 1.54) is 36.7 Å². The summed E-state index contributed by atoms with van der Waals surface area (Å²) in [5.74, 6) is 1.03. The summed E-state index contributed by atoms with van der Waals surface area (Å²) < 4.78 is 2.00. The number of carbonyl (C=O) groups is 1. The Morgan fingerprint density at radius 1 is 1.00 bits per heavy atom. The molecule has 1 aliphatic heterocycles. The van der Waals surface area contributed by atoms with Crippen molar-refractivity contribution < 1.29 is 4.79 Å². The minimum Gasteiger partial charge on any atom is -0.372 e. The standard InChI is InChI=1S/C23H27N5OS/c1-17-8-4-5-9-21(17)28-18(2)25-26-23(28)30-16-22(29)24-19-10-12-20(13-11-19)27-14-6-3-7-15-27/h4-5,8-13H,3,6-7,14-16H2,1-2H3,(H,24,29). The lowest BCUT2D eigenvalue weighted by atomic mass is 10.1. The summed E-state index contributed by atoms with van der Waals surface area (Å²) in [6.07, 6.45) is 3.82. The molecule has 30 heavy (non-hydrogen) atoms. The van der Waals surface area contributed by atoms with Crippen LogP contribution in [0.2, 0.25) is 0 Å². The minimum atomic E-state index is -0.0530. The Hall–Kier alpha value is -2.80. The molecule has 0 spiro atoms. The number of amides is 1. The van der Waals surface area contributed by atoms with Crippen molar-refractivity contribution in [3.8, 4) is 5.69 Å². The first-order valence-electron chi connectivity index (χ1n) is 10.4. The predicted molar refractivity (Wildman–Crippen MR) is 123 cm³/mol. The molecule has 1 amide bonds. The van der Waals surface area contributed by atoms with E-state index in [4.69, 9.17) is 0 Å². The lowest BCUT2D eigenvalue weighted by Gasteiger charge is -2.28. The third-order valence-corrected chi connectivity index (χ3v) is 6.29. The van der Waals surface area contributed by atoms with Gasteiger partial charge in [-0.1, -0.05) is 30.0 Å². The molecule has 0 bridgehead atoms. The molecule has 1 saturated heterocycles. The summed E-state index contributed by atoms with van der Waals surface area (Å²) in [6, 6.07) is 16.2. The number of anilines is 2. The van der Waals surface area contributed by atoms with Gasteiger partial charge in [-0.2, -0.15) is 0 Å². The quantitative estimate of drug-likeness (QED) is 0.589. The van der Waals surface area contributed by atoms with Crippen molar-refractivity contribution in [3.63, 3.8) is 0 Å². The lowest BCUT2D eigenvalue weighted by molar-refractivity contribution is -0.113. The molecule has 4 rings (SSSR count). The summed E-state index contributed by atoms with van der Waals surface area (Å²) >= 11 is 1.39. The average Bonchev–Trinajstić information content (AvgIpc) is 3.14. The van der Waals surface area contributed by atoms with E-state index in [9.17, 15) is 4.79 Å². The molecule has 6 nitrogen and oxygen atoms in total. The van der Waals surface area contributed by atoms with Gasteiger partial charge in [0, 0.05) is 24.5 Å². The molecule has 0 saturated carbocycles. The molecule has 2 aromatic carbocycles. The van der Waals surface area contributed by atoms with Crippen LogP contribution in [-0.4, -0.2) is 39.5 Å². The van der Waals surface area contributed by atoms with E-state index < -0.39 is 0 Å². The maximum absolute atomic E-state index is 12.5. The largest absolute Gasteiger partial charge is 0.372 e. The first-order chi connectivity index (χ1) is 14.6. The second-order valence-electron chi connectivity index (χ2n) is 7.58. The van der Waals surface area contributed by atoms with Gasteiger partial charge in [0.1, 0.15) is 5.82 Å². The zero-order valence-electron chi connectivity index (χ0n) is 17.5. The number of hydrogen-bond acceptors (Lipinski definition) is 5. The van der Waals surface area contributed by atoms with Crippen LogP contribution in [0.1, 0.15) is 30.7 Å². The normalized spacial score (nSPS) is 14.0. The van der Waals surface area contributed by atoms with Gasteiger partial charge in [0.2, 0.25) is 5.91 Å². The monoisotopic (exact) mass is 421 g/mol. The van der Waals surface area contributed by atoms with Crippen LogP contribution in [0.3, 0.4) is 0 Å².